The van der Waals surface area contributed by atoms with E-state index in [9.17, 15) is 18.0 Å². The summed E-state index contributed by atoms with van der Waals surface area (Å²) in [6, 6.07) is 13.4. The van der Waals surface area contributed by atoms with Crippen molar-refractivity contribution in [3.05, 3.63) is 59.7 Å². The normalized spacial score (nSPS) is 20.1. The molecule has 2 saturated heterocycles. The van der Waals surface area contributed by atoms with Gasteiger partial charge in [0.15, 0.2) is 0 Å². The quantitative estimate of drug-likeness (QED) is 0.773. The van der Waals surface area contributed by atoms with Crippen LogP contribution in [0.4, 0.5) is 5.69 Å². The maximum atomic E-state index is 12.8. The minimum atomic E-state index is -3.52. The zero-order chi connectivity index (χ0) is 22.0. The number of hydrogen-bond acceptors (Lipinski definition) is 4. The van der Waals surface area contributed by atoms with Crippen LogP contribution < -0.4 is 10.2 Å². The van der Waals surface area contributed by atoms with Crippen molar-refractivity contribution in [1.29, 1.82) is 0 Å². The van der Waals surface area contributed by atoms with Gasteiger partial charge in [-0.05, 0) is 56.2 Å². The maximum Gasteiger partial charge on any atom is 0.251 e. The maximum absolute atomic E-state index is 12.8. The molecular formula is C23H27N3O4S. The second-order valence-corrected chi connectivity index (χ2v) is 10.1. The fraction of sp³-hybridized carbons (Fsp3) is 0.391. The molecule has 0 saturated carbocycles. The summed E-state index contributed by atoms with van der Waals surface area (Å²) in [5, 5.41) is 2.90. The molecule has 1 atom stereocenters. The van der Waals surface area contributed by atoms with Gasteiger partial charge in [0.05, 0.1) is 10.9 Å². The van der Waals surface area contributed by atoms with Crippen LogP contribution >= 0.6 is 0 Å². The number of benzene rings is 2. The van der Waals surface area contributed by atoms with E-state index < -0.39 is 10.0 Å². The zero-order valence-electron chi connectivity index (χ0n) is 17.6. The van der Waals surface area contributed by atoms with Crippen molar-refractivity contribution in [2.24, 2.45) is 0 Å². The average Bonchev–Trinajstić information content (AvgIpc) is 3.14. The molecular weight excluding hydrogens is 414 g/mol. The number of piperidine rings is 1. The van der Waals surface area contributed by atoms with Crippen LogP contribution in [0, 0.1) is 6.92 Å². The second kappa shape index (κ2) is 8.80. The van der Waals surface area contributed by atoms with Gasteiger partial charge in [-0.3, -0.25) is 9.59 Å². The number of anilines is 1. The minimum absolute atomic E-state index is 0.0304. The molecule has 1 N–H and O–H groups in total. The lowest BCUT2D eigenvalue weighted by atomic mass is 10.2. The van der Waals surface area contributed by atoms with Crippen molar-refractivity contribution in [1.82, 2.24) is 9.62 Å². The second-order valence-electron chi connectivity index (χ2n) is 8.20. The topological polar surface area (TPSA) is 86.8 Å². The van der Waals surface area contributed by atoms with E-state index in [0.29, 0.717) is 25.2 Å². The summed E-state index contributed by atoms with van der Waals surface area (Å²) in [5.74, 6) is -0.345. The van der Waals surface area contributed by atoms with Crippen LogP contribution in [0.15, 0.2) is 53.4 Å². The van der Waals surface area contributed by atoms with Gasteiger partial charge in [0.1, 0.15) is 0 Å². The van der Waals surface area contributed by atoms with Crippen molar-refractivity contribution in [3.63, 3.8) is 0 Å². The molecule has 2 aliphatic heterocycles. The first-order valence-electron chi connectivity index (χ1n) is 10.6. The molecule has 2 amide bonds. The smallest absolute Gasteiger partial charge is 0.251 e. The lowest BCUT2D eigenvalue weighted by Crippen LogP contribution is -2.37. The monoisotopic (exact) mass is 441 g/mol. The fourth-order valence-corrected chi connectivity index (χ4v) is 5.60. The molecule has 2 aromatic rings. The number of carbonyl (C=O) groups excluding carboxylic acids is 2. The molecule has 0 aromatic heterocycles. The van der Waals surface area contributed by atoms with E-state index in [1.807, 2.05) is 31.2 Å². The molecule has 0 spiro atoms. The minimum Gasteiger partial charge on any atom is -0.347 e. The van der Waals surface area contributed by atoms with Crippen molar-refractivity contribution in [2.45, 2.75) is 43.5 Å². The number of nitrogens with zero attached hydrogens (tertiary/aromatic N) is 2. The number of sulfonamides is 1. The molecule has 0 bridgehead atoms. The number of carbonyl (C=O) groups is 2. The molecule has 7 nitrogen and oxygen atoms in total. The average molecular weight is 442 g/mol. The van der Waals surface area contributed by atoms with Crippen LogP contribution in [0.3, 0.4) is 0 Å². The molecule has 0 radical (unpaired) electrons. The Labute approximate surface area is 183 Å². The van der Waals surface area contributed by atoms with Gasteiger partial charge < -0.3 is 10.2 Å². The molecule has 2 aliphatic rings. The Morgan fingerprint density at radius 1 is 0.968 bits per heavy atom. The van der Waals surface area contributed by atoms with Crippen LogP contribution in [-0.2, 0) is 14.8 Å². The Morgan fingerprint density at radius 2 is 1.61 bits per heavy atom. The summed E-state index contributed by atoms with van der Waals surface area (Å²) in [6.07, 6.45) is 3.04. The first-order chi connectivity index (χ1) is 14.8. The molecule has 2 heterocycles. The summed E-state index contributed by atoms with van der Waals surface area (Å²) in [5.41, 5.74) is 2.31. The third-order valence-corrected chi connectivity index (χ3v) is 7.79. The lowest BCUT2D eigenvalue weighted by molar-refractivity contribution is -0.117. The highest BCUT2D eigenvalue weighted by Crippen LogP contribution is 2.23. The standard InChI is InChI=1S/C23H27N3O4S/c1-17-5-9-20(10-6-17)26-16-19(15-22(26)27)24-23(28)18-7-11-21(12-8-18)31(29,30)25-13-3-2-4-14-25/h5-12,19H,2-4,13-16H2,1H3,(H,24,28). The van der Waals surface area contributed by atoms with E-state index in [-0.39, 0.29) is 29.2 Å². The van der Waals surface area contributed by atoms with Crippen molar-refractivity contribution < 1.29 is 18.0 Å². The summed E-state index contributed by atoms with van der Waals surface area (Å²) in [6.45, 7) is 3.48. The van der Waals surface area contributed by atoms with Crippen molar-refractivity contribution in [3.8, 4) is 0 Å². The number of nitrogens with one attached hydrogen (secondary N) is 1. The Balaban J connectivity index is 1.40. The Bertz CT molecular complexity index is 1060. The van der Waals surface area contributed by atoms with Crippen LogP contribution in [0.25, 0.3) is 0 Å². The number of amides is 2. The van der Waals surface area contributed by atoms with E-state index in [1.54, 1.807) is 4.90 Å². The zero-order valence-corrected chi connectivity index (χ0v) is 18.4. The number of rotatable bonds is 5. The largest absolute Gasteiger partial charge is 0.347 e. The molecule has 2 aromatic carbocycles. The van der Waals surface area contributed by atoms with Gasteiger partial charge in [-0.1, -0.05) is 24.1 Å². The van der Waals surface area contributed by atoms with E-state index in [0.717, 1.165) is 30.5 Å². The highest BCUT2D eigenvalue weighted by molar-refractivity contribution is 7.89. The van der Waals surface area contributed by atoms with Crippen LogP contribution in [0.2, 0.25) is 0 Å². The predicted molar refractivity (Wildman–Crippen MR) is 118 cm³/mol. The van der Waals surface area contributed by atoms with E-state index in [2.05, 4.69) is 5.32 Å². The number of aryl methyl sites for hydroxylation is 1. The van der Waals surface area contributed by atoms with Crippen LogP contribution in [-0.4, -0.2) is 50.2 Å². The molecule has 0 aliphatic carbocycles. The molecule has 8 heteroatoms. The third kappa shape index (κ3) is 4.65. The van der Waals surface area contributed by atoms with Gasteiger partial charge in [0.25, 0.3) is 5.91 Å². The summed E-state index contributed by atoms with van der Waals surface area (Å²) in [4.78, 5) is 26.9. The van der Waals surface area contributed by atoms with Gasteiger partial charge in [-0.25, -0.2) is 8.42 Å². The van der Waals surface area contributed by atoms with Gasteiger partial charge in [-0.2, -0.15) is 4.31 Å². The summed E-state index contributed by atoms with van der Waals surface area (Å²) in [7, 11) is -3.52. The first kappa shape index (κ1) is 21.5. The first-order valence-corrected chi connectivity index (χ1v) is 12.1. The number of hydrogen-bond donors (Lipinski definition) is 1. The molecule has 31 heavy (non-hydrogen) atoms. The summed E-state index contributed by atoms with van der Waals surface area (Å²) >= 11 is 0. The Kier molecular flexibility index (Phi) is 6.11. The molecule has 164 valence electrons. The highest BCUT2D eigenvalue weighted by Gasteiger charge is 2.32. The summed E-state index contributed by atoms with van der Waals surface area (Å²) < 4.78 is 27.0. The Hall–Kier alpha value is -2.71. The third-order valence-electron chi connectivity index (χ3n) is 5.88. The SMILES string of the molecule is Cc1ccc(N2CC(NC(=O)c3ccc(S(=O)(=O)N4CCCCC4)cc3)CC2=O)cc1. The van der Waals surface area contributed by atoms with Gasteiger partial charge in [0, 0.05) is 37.3 Å². The molecule has 2 fully saturated rings. The molecule has 4 rings (SSSR count). The van der Waals surface area contributed by atoms with E-state index in [4.69, 9.17) is 0 Å². The van der Waals surface area contributed by atoms with E-state index >= 15 is 0 Å². The predicted octanol–water partition coefficient (Wildman–Crippen LogP) is 2.70. The highest BCUT2D eigenvalue weighted by atomic mass is 32.2. The fourth-order valence-electron chi connectivity index (χ4n) is 4.08. The van der Waals surface area contributed by atoms with Gasteiger partial charge in [0.2, 0.25) is 15.9 Å². The molecule has 1 unspecified atom stereocenters. The van der Waals surface area contributed by atoms with E-state index in [1.165, 1.54) is 28.6 Å². The van der Waals surface area contributed by atoms with Crippen molar-refractivity contribution >= 4 is 27.5 Å². The lowest BCUT2D eigenvalue weighted by Gasteiger charge is -2.25. The Morgan fingerprint density at radius 3 is 2.26 bits per heavy atom. The van der Waals surface area contributed by atoms with Crippen LogP contribution in [0.5, 0.6) is 0 Å². The van der Waals surface area contributed by atoms with Gasteiger partial charge >= 0.3 is 0 Å². The van der Waals surface area contributed by atoms with Gasteiger partial charge in [-0.15, -0.1) is 0 Å². The van der Waals surface area contributed by atoms with Crippen molar-refractivity contribution in [2.75, 3.05) is 24.5 Å². The van der Waals surface area contributed by atoms with Crippen LogP contribution in [0.1, 0.15) is 41.6 Å².